The van der Waals surface area contributed by atoms with Gasteiger partial charge in [-0.3, -0.25) is 4.79 Å². The number of hydrogen-bond donors (Lipinski definition) is 0. The largest absolute Gasteiger partial charge is 0.494 e. The van der Waals surface area contributed by atoms with Crippen molar-refractivity contribution in [3.05, 3.63) is 35.9 Å². The van der Waals surface area contributed by atoms with Gasteiger partial charge in [-0.2, -0.15) is 0 Å². The molecule has 1 fully saturated rings. The van der Waals surface area contributed by atoms with E-state index in [1.165, 1.54) is 44.9 Å². The molecule has 0 unspecified atom stereocenters. The number of rotatable bonds is 14. The maximum Gasteiger partial charge on any atom is 0.306 e. The number of carbonyl (C=O) groups is 1. The lowest BCUT2D eigenvalue weighted by Crippen LogP contribution is -2.04. The first-order valence-electron chi connectivity index (χ1n) is 10.3. The topological polar surface area (TPSA) is 35.5 Å². The fraction of sp³-hybridized carbons (Fsp3) is 0.609. The van der Waals surface area contributed by atoms with Gasteiger partial charge in [-0.05, 0) is 42.5 Å². The molecule has 1 aliphatic carbocycles. The average molecular weight is 359 g/mol. The Hall–Kier alpha value is -1.77. The van der Waals surface area contributed by atoms with Gasteiger partial charge in [0.05, 0.1) is 6.61 Å². The van der Waals surface area contributed by atoms with Crippen LogP contribution in [0.4, 0.5) is 0 Å². The first kappa shape index (κ1) is 20.5. The Morgan fingerprint density at radius 1 is 1.08 bits per heavy atom. The third-order valence-corrected chi connectivity index (χ3v) is 4.75. The van der Waals surface area contributed by atoms with Gasteiger partial charge >= 0.3 is 5.97 Å². The van der Waals surface area contributed by atoms with Crippen molar-refractivity contribution in [3.63, 3.8) is 0 Å². The van der Waals surface area contributed by atoms with Crippen LogP contribution in [0, 0.1) is 5.92 Å². The second-order valence-corrected chi connectivity index (χ2v) is 7.25. The summed E-state index contributed by atoms with van der Waals surface area (Å²) in [6.45, 7) is 3.38. The van der Waals surface area contributed by atoms with E-state index in [1.807, 2.05) is 36.4 Å². The Balaban J connectivity index is 1.54. The third-order valence-electron chi connectivity index (χ3n) is 4.75. The molecule has 0 saturated heterocycles. The second kappa shape index (κ2) is 12.6. The molecule has 0 amide bonds. The number of carbonyl (C=O) groups excluding carboxylic acids is 1. The average Bonchev–Trinajstić information content (AvgIpc) is 3.48. The van der Waals surface area contributed by atoms with Crippen LogP contribution in [-0.4, -0.2) is 19.2 Å². The molecule has 26 heavy (non-hydrogen) atoms. The van der Waals surface area contributed by atoms with Crippen molar-refractivity contribution in [2.45, 2.75) is 71.1 Å². The molecule has 0 atom stereocenters. The van der Waals surface area contributed by atoms with E-state index >= 15 is 0 Å². The van der Waals surface area contributed by atoms with E-state index in [-0.39, 0.29) is 5.97 Å². The van der Waals surface area contributed by atoms with Gasteiger partial charge in [0.15, 0.2) is 0 Å². The van der Waals surface area contributed by atoms with Crippen molar-refractivity contribution in [3.8, 4) is 5.75 Å². The molecule has 2 rings (SSSR count). The molecule has 1 aromatic rings. The highest BCUT2D eigenvalue weighted by Crippen LogP contribution is 2.33. The lowest BCUT2D eigenvalue weighted by atomic mass is 10.1. The molecule has 0 aliphatic heterocycles. The minimum atomic E-state index is -0.0833. The maximum atomic E-state index is 11.6. The van der Waals surface area contributed by atoms with Crippen LogP contribution < -0.4 is 4.74 Å². The van der Waals surface area contributed by atoms with Crippen molar-refractivity contribution in [1.82, 2.24) is 0 Å². The van der Waals surface area contributed by atoms with Crippen molar-refractivity contribution >= 4 is 12.0 Å². The van der Waals surface area contributed by atoms with Crippen LogP contribution in [0.1, 0.15) is 76.7 Å². The second-order valence-electron chi connectivity index (χ2n) is 7.25. The Morgan fingerprint density at radius 2 is 1.81 bits per heavy atom. The van der Waals surface area contributed by atoms with Crippen LogP contribution in [0.3, 0.4) is 0 Å². The molecule has 1 aliphatic rings. The van der Waals surface area contributed by atoms with Gasteiger partial charge in [0.25, 0.3) is 0 Å². The summed E-state index contributed by atoms with van der Waals surface area (Å²) < 4.78 is 11.0. The third kappa shape index (κ3) is 9.65. The number of unbranched alkanes of at least 4 members (excludes halogenated alkanes) is 5. The van der Waals surface area contributed by atoms with E-state index in [1.54, 1.807) is 0 Å². The minimum Gasteiger partial charge on any atom is -0.494 e. The fourth-order valence-corrected chi connectivity index (χ4v) is 2.87. The molecule has 3 nitrogen and oxygen atoms in total. The smallest absolute Gasteiger partial charge is 0.306 e. The van der Waals surface area contributed by atoms with E-state index in [0.29, 0.717) is 13.0 Å². The lowest BCUT2D eigenvalue weighted by molar-refractivity contribution is -0.142. The van der Waals surface area contributed by atoms with Crippen LogP contribution in [0.25, 0.3) is 6.08 Å². The highest BCUT2D eigenvalue weighted by atomic mass is 16.5. The van der Waals surface area contributed by atoms with E-state index < -0.39 is 0 Å². The summed E-state index contributed by atoms with van der Waals surface area (Å²) in [5, 5.41) is 0. The van der Waals surface area contributed by atoms with Crippen molar-refractivity contribution in [1.29, 1.82) is 0 Å². The van der Waals surface area contributed by atoms with E-state index in [2.05, 4.69) is 6.92 Å². The molecule has 0 heterocycles. The van der Waals surface area contributed by atoms with Gasteiger partial charge in [0.1, 0.15) is 12.4 Å². The summed E-state index contributed by atoms with van der Waals surface area (Å²) >= 11 is 0. The normalized spacial score (nSPS) is 13.9. The quantitative estimate of drug-likeness (QED) is 0.294. The maximum absolute atomic E-state index is 11.6. The van der Waals surface area contributed by atoms with Crippen LogP contribution in [0.2, 0.25) is 0 Å². The van der Waals surface area contributed by atoms with Crippen LogP contribution in [0.5, 0.6) is 5.75 Å². The summed E-state index contributed by atoms with van der Waals surface area (Å²) in [7, 11) is 0. The standard InChI is InChI=1S/C23H34O3/c1-2-3-4-5-6-7-18-25-22-15-12-20(13-16-22)9-8-19-26-23(24)17-14-21-10-11-21/h8-9,12-13,15-16,21H,2-7,10-11,14,17-19H2,1H3/b9-8+. The Morgan fingerprint density at radius 3 is 2.54 bits per heavy atom. The van der Waals surface area contributed by atoms with E-state index in [9.17, 15) is 4.79 Å². The van der Waals surface area contributed by atoms with E-state index in [0.717, 1.165) is 36.7 Å². The van der Waals surface area contributed by atoms with Crippen molar-refractivity contribution < 1.29 is 14.3 Å². The number of benzene rings is 1. The summed E-state index contributed by atoms with van der Waals surface area (Å²) in [6, 6.07) is 8.06. The minimum absolute atomic E-state index is 0.0833. The Bertz CT molecular complexity index is 529. The summed E-state index contributed by atoms with van der Waals surface area (Å²) in [5.41, 5.74) is 1.09. The van der Waals surface area contributed by atoms with Gasteiger partial charge in [-0.25, -0.2) is 0 Å². The summed E-state index contributed by atoms with van der Waals surface area (Å²) in [6.07, 6.45) is 15.6. The zero-order valence-corrected chi connectivity index (χ0v) is 16.3. The van der Waals surface area contributed by atoms with Crippen LogP contribution >= 0.6 is 0 Å². The molecular formula is C23H34O3. The van der Waals surface area contributed by atoms with Crippen LogP contribution in [0.15, 0.2) is 30.3 Å². The summed E-state index contributed by atoms with van der Waals surface area (Å²) in [4.78, 5) is 11.6. The number of esters is 1. The Kier molecular flexibility index (Phi) is 9.92. The van der Waals surface area contributed by atoms with Crippen LogP contribution in [-0.2, 0) is 9.53 Å². The van der Waals surface area contributed by atoms with Gasteiger partial charge in [-0.15, -0.1) is 0 Å². The molecule has 0 N–H and O–H groups in total. The summed E-state index contributed by atoms with van der Waals surface area (Å²) in [5.74, 6) is 1.61. The first-order valence-corrected chi connectivity index (χ1v) is 10.3. The molecule has 3 heteroatoms. The van der Waals surface area contributed by atoms with E-state index in [4.69, 9.17) is 9.47 Å². The predicted molar refractivity (Wildman–Crippen MR) is 107 cm³/mol. The highest BCUT2D eigenvalue weighted by Gasteiger charge is 2.21. The zero-order chi connectivity index (χ0) is 18.5. The molecule has 144 valence electrons. The Labute approximate surface area is 158 Å². The zero-order valence-electron chi connectivity index (χ0n) is 16.3. The van der Waals surface area contributed by atoms with Gasteiger partial charge in [0.2, 0.25) is 0 Å². The SMILES string of the molecule is CCCCCCCCOc1ccc(/C=C/COC(=O)CCC2CC2)cc1. The van der Waals surface area contributed by atoms with Crippen molar-refractivity contribution in [2.24, 2.45) is 5.92 Å². The monoisotopic (exact) mass is 358 g/mol. The molecule has 1 saturated carbocycles. The number of hydrogen-bond acceptors (Lipinski definition) is 3. The molecule has 0 bridgehead atoms. The molecule has 0 aromatic heterocycles. The molecule has 1 aromatic carbocycles. The predicted octanol–water partition coefficient (Wildman–Crippen LogP) is 6.17. The highest BCUT2D eigenvalue weighted by molar-refractivity contribution is 5.69. The van der Waals surface area contributed by atoms with Gasteiger partial charge < -0.3 is 9.47 Å². The van der Waals surface area contributed by atoms with Gasteiger partial charge in [0, 0.05) is 6.42 Å². The molecule has 0 spiro atoms. The van der Waals surface area contributed by atoms with Crippen molar-refractivity contribution in [2.75, 3.05) is 13.2 Å². The van der Waals surface area contributed by atoms with Gasteiger partial charge in [-0.1, -0.05) is 70.1 Å². The lowest BCUT2D eigenvalue weighted by Gasteiger charge is -2.06. The molecule has 0 radical (unpaired) electrons. The first-order chi connectivity index (χ1) is 12.8. The molecular weight excluding hydrogens is 324 g/mol. The fourth-order valence-electron chi connectivity index (χ4n) is 2.87. The number of ether oxygens (including phenoxy) is 2.